The first-order valence-electron chi connectivity index (χ1n) is 6.50. The van der Waals surface area contributed by atoms with Gasteiger partial charge in [0, 0.05) is 5.56 Å². The molecule has 20 heavy (non-hydrogen) atoms. The van der Waals surface area contributed by atoms with Crippen LogP contribution in [0.15, 0.2) is 42.6 Å². The van der Waals surface area contributed by atoms with Crippen molar-refractivity contribution in [2.24, 2.45) is 0 Å². The minimum Gasteiger partial charge on any atom is -0.384 e. The summed E-state index contributed by atoms with van der Waals surface area (Å²) in [6.07, 6.45) is 1.55. The summed E-state index contributed by atoms with van der Waals surface area (Å²) in [7, 11) is 0. The number of anilines is 2. The van der Waals surface area contributed by atoms with Crippen molar-refractivity contribution < 1.29 is 4.79 Å². The van der Waals surface area contributed by atoms with Crippen LogP contribution >= 0.6 is 0 Å². The van der Waals surface area contributed by atoms with Crippen molar-refractivity contribution in [3.63, 3.8) is 0 Å². The number of rotatable bonds is 2. The van der Waals surface area contributed by atoms with E-state index in [1.54, 1.807) is 18.3 Å². The van der Waals surface area contributed by atoms with E-state index in [1.807, 2.05) is 24.3 Å². The lowest BCUT2D eigenvalue weighted by atomic mass is 9.83. The van der Waals surface area contributed by atoms with Gasteiger partial charge >= 0.3 is 0 Å². The zero-order valence-corrected chi connectivity index (χ0v) is 12.0. The van der Waals surface area contributed by atoms with Crippen LogP contribution in [0.5, 0.6) is 0 Å². The number of amides is 1. The van der Waals surface area contributed by atoms with Crippen LogP contribution in [0.1, 0.15) is 36.7 Å². The number of nitrogens with zero attached hydrogens (tertiary/aromatic N) is 1. The third-order valence-corrected chi connectivity index (χ3v) is 3.02. The molecule has 3 N–H and O–H groups in total. The van der Waals surface area contributed by atoms with Crippen LogP contribution in [-0.2, 0) is 5.41 Å². The minimum absolute atomic E-state index is 0.0900. The Morgan fingerprint density at radius 2 is 1.85 bits per heavy atom. The monoisotopic (exact) mass is 269 g/mol. The number of carbonyl (C=O) groups excluding carboxylic acids is 1. The number of nitrogens with two attached hydrogens (primary N) is 1. The molecule has 0 aliphatic rings. The number of carbonyl (C=O) groups is 1. The first kappa shape index (κ1) is 14.1. The minimum atomic E-state index is -0.137. The lowest BCUT2D eigenvalue weighted by Crippen LogP contribution is -2.20. The van der Waals surface area contributed by atoms with Crippen molar-refractivity contribution in [3.05, 3.63) is 53.7 Å². The molecule has 1 aromatic heterocycles. The van der Waals surface area contributed by atoms with Gasteiger partial charge in [-0.2, -0.15) is 0 Å². The molecule has 0 unspecified atom stereocenters. The summed E-state index contributed by atoms with van der Waals surface area (Å²) in [5.74, 6) is 0.292. The maximum Gasteiger partial charge on any atom is 0.256 e. The molecule has 1 aromatic carbocycles. The molecule has 1 heterocycles. The molecule has 0 radical (unpaired) electrons. The summed E-state index contributed by atoms with van der Waals surface area (Å²) in [6.45, 7) is 6.26. The molecule has 1 amide bonds. The maximum atomic E-state index is 12.4. The molecule has 2 aromatic rings. The first-order valence-corrected chi connectivity index (χ1v) is 6.50. The van der Waals surface area contributed by atoms with Crippen molar-refractivity contribution in [1.82, 2.24) is 4.98 Å². The highest BCUT2D eigenvalue weighted by molar-refractivity contribution is 6.05. The van der Waals surface area contributed by atoms with Crippen molar-refractivity contribution in [2.45, 2.75) is 26.2 Å². The molecule has 0 fully saturated rings. The standard InChI is InChI=1S/C16H19N3O/c1-16(2,3)13-7-5-4-6-12(13)15(20)19-11-8-9-14(17)18-10-11/h4-10H,1-3H3,(H2,17,18)(H,19,20). The van der Waals surface area contributed by atoms with Gasteiger partial charge in [-0.05, 0) is 29.2 Å². The fourth-order valence-electron chi connectivity index (χ4n) is 2.01. The van der Waals surface area contributed by atoms with Gasteiger partial charge in [-0.1, -0.05) is 39.0 Å². The van der Waals surface area contributed by atoms with E-state index in [9.17, 15) is 4.79 Å². The third-order valence-electron chi connectivity index (χ3n) is 3.02. The zero-order valence-electron chi connectivity index (χ0n) is 12.0. The number of pyridine rings is 1. The number of nitrogen functional groups attached to an aromatic ring is 1. The van der Waals surface area contributed by atoms with E-state index in [0.29, 0.717) is 17.1 Å². The van der Waals surface area contributed by atoms with Gasteiger partial charge in [0.1, 0.15) is 5.82 Å². The average molecular weight is 269 g/mol. The molecule has 0 aliphatic carbocycles. The predicted octanol–water partition coefficient (Wildman–Crippen LogP) is 3.21. The Labute approximate surface area is 119 Å². The average Bonchev–Trinajstić information content (AvgIpc) is 2.40. The normalized spacial score (nSPS) is 11.2. The zero-order chi connectivity index (χ0) is 14.8. The SMILES string of the molecule is CC(C)(C)c1ccccc1C(=O)Nc1ccc(N)nc1. The molecule has 0 saturated heterocycles. The van der Waals surface area contributed by atoms with Crippen LogP contribution in [0.2, 0.25) is 0 Å². The first-order chi connectivity index (χ1) is 9.38. The van der Waals surface area contributed by atoms with Gasteiger partial charge < -0.3 is 11.1 Å². The summed E-state index contributed by atoms with van der Waals surface area (Å²) in [5.41, 5.74) is 7.76. The Balaban J connectivity index is 2.28. The molecule has 0 spiro atoms. The summed E-state index contributed by atoms with van der Waals surface area (Å²) < 4.78 is 0. The third kappa shape index (κ3) is 3.15. The topological polar surface area (TPSA) is 68.0 Å². The Morgan fingerprint density at radius 1 is 1.15 bits per heavy atom. The molecule has 4 heteroatoms. The van der Waals surface area contributed by atoms with Gasteiger partial charge in [0.2, 0.25) is 0 Å². The van der Waals surface area contributed by atoms with Gasteiger partial charge in [0.25, 0.3) is 5.91 Å². The van der Waals surface area contributed by atoms with Crippen LogP contribution in [0.3, 0.4) is 0 Å². The predicted molar refractivity (Wildman–Crippen MR) is 81.7 cm³/mol. The summed E-state index contributed by atoms with van der Waals surface area (Å²) in [4.78, 5) is 16.4. The number of benzene rings is 1. The van der Waals surface area contributed by atoms with E-state index in [-0.39, 0.29) is 11.3 Å². The Bertz CT molecular complexity index is 612. The van der Waals surface area contributed by atoms with Gasteiger partial charge in [-0.3, -0.25) is 4.79 Å². The van der Waals surface area contributed by atoms with Crippen molar-refractivity contribution in [3.8, 4) is 0 Å². The van der Waals surface area contributed by atoms with Gasteiger partial charge in [-0.25, -0.2) is 4.98 Å². The van der Waals surface area contributed by atoms with Gasteiger partial charge in [-0.15, -0.1) is 0 Å². The Morgan fingerprint density at radius 3 is 2.45 bits per heavy atom. The lowest BCUT2D eigenvalue weighted by Gasteiger charge is -2.22. The van der Waals surface area contributed by atoms with Crippen LogP contribution in [-0.4, -0.2) is 10.9 Å². The van der Waals surface area contributed by atoms with E-state index in [0.717, 1.165) is 5.56 Å². The second-order valence-corrected chi connectivity index (χ2v) is 5.72. The number of nitrogens with one attached hydrogen (secondary N) is 1. The van der Waals surface area contributed by atoms with Gasteiger partial charge in [0.15, 0.2) is 0 Å². The summed E-state index contributed by atoms with van der Waals surface area (Å²) in [5, 5.41) is 2.84. The number of hydrogen-bond donors (Lipinski definition) is 2. The molecular formula is C16H19N3O. The van der Waals surface area contributed by atoms with E-state index in [2.05, 4.69) is 31.1 Å². The molecule has 0 bridgehead atoms. The van der Waals surface area contributed by atoms with Crippen LogP contribution in [0, 0.1) is 0 Å². The summed E-state index contributed by atoms with van der Waals surface area (Å²) in [6, 6.07) is 11.0. The van der Waals surface area contributed by atoms with Gasteiger partial charge in [0.05, 0.1) is 11.9 Å². The molecule has 0 saturated carbocycles. The van der Waals surface area contributed by atoms with Crippen molar-refractivity contribution in [2.75, 3.05) is 11.1 Å². The van der Waals surface area contributed by atoms with Crippen LogP contribution in [0.25, 0.3) is 0 Å². The molecule has 2 rings (SSSR count). The molecule has 0 aliphatic heterocycles. The van der Waals surface area contributed by atoms with Crippen LogP contribution in [0.4, 0.5) is 11.5 Å². The van der Waals surface area contributed by atoms with E-state index >= 15 is 0 Å². The fourth-order valence-corrected chi connectivity index (χ4v) is 2.01. The Kier molecular flexibility index (Phi) is 3.74. The smallest absolute Gasteiger partial charge is 0.256 e. The number of hydrogen-bond acceptors (Lipinski definition) is 3. The highest BCUT2D eigenvalue weighted by atomic mass is 16.1. The maximum absolute atomic E-state index is 12.4. The van der Waals surface area contributed by atoms with Crippen molar-refractivity contribution >= 4 is 17.4 Å². The molecule has 0 atom stereocenters. The summed E-state index contributed by atoms with van der Waals surface area (Å²) >= 11 is 0. The fraction of sp³-hybridized carbons (Fsp3) is 0.250. The molecule has 4 nitrogen and oxygen atoms in total. The Hall–Kier alpha value is -2.36. The second kappa shape index (κ2) is 5.33. The molecule has 104 valence electrons. The van der Waals surface area contributed by atoms with E-state index < -0.39 is 0 Å². The van der Waals surface area contributed by atoms with Crippen molar-refractivity contribution in [1.29, 1.82) is 0 Å². The quantitative estimate of drug-likeness (QED) is 0.879. The van der Waals surface area contributed by atoms with E-state index in [4.69, 9.17) is 5.73 Å². The number of aromatic nitrogens is 1. The largest absolute Gasteiger partial charge is 0.384 e. The molecular weight excluding hydrogens is 250 g/mol. The highest BCUT2D eigenvalue weighted by Gasteiger charge is 2.21. The van der Waals surface area contributed by atoms with Crippen LogP contribution < -0.4 is 11.1 Å². The second-order valence-electron chi connectivity index (χ2n) is 5.72. The highest BCUT2D eigenvalue weighted by Crippen LogP contribution is 2.26. The van der Waals surface area contributed by atoms with E-state index in [1.165, 1.54) is 0 Å². The lowest BCUT2D eigenvalue weighted by molar-refractivity contribution is 0.102.